The quantitative estimate of drug-likeness (QED) is 0.726. The van der Waals surface area contributed by atoms with Gasteiger partial charge < -0.3 is 14.4 Å². The molecule has 0 aliphatic carbocycles. The topological polar surface area (TPSA) is 38.8 Å². The largest absolute Gasteiger partial charge is 0.466 e. The maximum atomic E-state index is 12.0. The van der Waals surface area contributed by atoms with Gasteiger partial charge in [-0.1, -0.05) is 15.9 Å². The van der Waals surface area contributed by atoms with Crippen molar-refractivity contribution in [2.45, 2.75) is 25.7 Å². The summed E-state index contributed by atoms with van der Waals surface area (Å²) in [7, 11) is 1.45. The number of halogens is 1. The maximum Gasteiger partial charge on any atom is 0.333 e. The first-order valence-corrected chi connectivity index (χ1v) is 9.38. The molecule has 4 nitrogen and oxygen atoms in total. The van der Waals surface area contributed by atoms with Crippen LogP contribution in [0, 0.1) is 5.92 Å². The number of ether oxygens (including phenoxy) is 2. The fourth-order valence-corrected chi connectivity index (χ4v) is 3.87. The molecule has 5 heteroatoms. The summed E-state index contributed by atoms with van der Waals surface area (Å²) in [4.78, 5) is 14.5. The zero-order valence-corrected chi connectivity index (χ0v) is 15.7. The predicted molar refractivity (Wildman–Crippen MR) is 99.1 cm³/mol. The van der Waals surface area contributed by atoms with Gasteiger partial charge in [0.05, 0.1) is 7.11 Å². The first kappa shape index (κ1) is 17.5. The van der Waals surface area contributed by atoms with E-state index in [9.17, 15) is 4.79 Å². The molecule has 2 aliphatic rings. The van der Waals surface area contributed by atoms with Crippen LogP contribution < -0.4 is 4.90 Å². The van der Waals surface area contributed by atoms with Gasteiger partial charge in [0, 0.05) is 42.0 Å². The van der Waals surface area contributed by atoms with Crippen molar-refractivity contribution in [2.75, 3.05) is 38.3 Å². The van der Waals surface area contributed by atoms with Crippen molar-refractivity contribution in [2.24, 2.45) is 5.92 Å². The molecular formula is C19H24BrNO3. The molecule has 0 saturated carbocycles. The van der Waals surface area contributed by atoms with E-state index < -0.39 is 0 Å². The molecule has 0 radical (unpaired) electrons. The minimum atomic E-state index is -0.223. The van der Waals surface area contributed by atoms with Crippen molar-refractivity contribution < 1.29 is 14.3 Å². The van der Waals surface area contributed by atoms with E-state index in [2.05, 4.69) is 39.0 Å². The molecule has 0 unspecified atom stereocenters. The van der Waals surface area contributed by atoms with E-state index in [1.165, 1.54) is 12.8 Å². The highest BCUT2D eigenvalue weighted by Gasteiger charge is 2.22. The minimum Gasteiger partial charge on any atom is -0.466 e. The summed E-state index contributed by atoms with van der Waals surface area (Å²) in [5.41, 5.74) is 3.03. The number of carbonyl (C=O) groups is 1. The molecule has 0 spiro atoms. The standard InChI is InChI=1S/C19H24BrNO3/c1-23-19(22)15-3-2-8-21(13-14-6-9-24-10-7-14)18-5-4-17(20)12-16(18)11-15/h4-5,11-12,14H,2-3,6-10,13H2,1H3/b15-11+. The Balaban J connectivity index is 1.89. The number of benzene rings is 1. The third-order valence-corrected chi connectivity index (χ3v) is 5.29. The van der Waals surface area contributed by atoms with Crippen LogP contribution in [0.25, 0.3) is 6.08 Å². The summed E-state index contributed by atoms with van der Waals surface area (Å²) in [6.45, 7) is 3.76. The van der Waals surface area contributed by atoms with Gasteiger partial charge in [0.1, 0.15) is 0 Å². The summed E-state index contributed by atoms with van der Waals surface area (Å²) in [6.07, 6.45) is 5.96. The summed E-state index contributed by atoms with van der Waals surface area (Å²) < 4.78 is 11.4. The Labute approximate surface area is 151 Å². The first-order chi connectivity index (χ1) is 11.7. The van der Waals surface area contributed by atoms with Crippen molar-refractivity contribution in [3.63, 3.8) is 0 Å². The van der Waals surface area contributed by atoms with Crippen LogP contribution in [0.3, 0.4) is 0 Å². The van der Waals surface area contributed by atoms with Crippen LogP contribution in [0.15, 0.2) is 28.2 Å². The lowest BCUT2D eigenvalue weighted by molar-refractivity contribution is -0.136. The van der Waals surface area contributed by atoms with E-state index in [0.717, 1.165) is 67.6 Å². The molecule has 24 heavy (non-hydrogen) atoms. The van der Waals surface area contributed by atoms with Crippen LogP contribution in [0.5, 0.6) is 0 Å². The second-order valence-electron chi connectivity index (χ2n) is 6.47. The molecule has 1 saturated heterocycles. The van der Waals surface area contributed by atoms with Gasteiger partial charge in [-0.3, -0.25) is 0 Å². The monoisotopic (exact) mass is 393 g/mol. The lowest BCUT2D eigenvalue weighted by atomic mass is 9.96. The van der Waals surface area contributed by atoms with E-state index in [4.69, 9.17) is 9.47 Å². The van der Waals surface area contributed by atoms with Gasteiger partial charge in [-0.25, -0.2) is 4.79 Å². The average molecular weight is 394 g/mol. The molecule has 0 N–H and O–H groups in total. The van der Waals surface area contributed by atoms with Gasteiger partial charge in [0.2, 0.25) is 0 Å². The molecule has 3 rings (SSSR count). The number of anilines is 1. The normalized spacial score (nSPS) is 21.2. The van der Waals surface area contributed by atoms with E-state index in [-0.39, 0.29) is 5.97 Å². The number of hydrogen-bond acceptors (Lipinski definition) is 4. The molecule has 0 amide bonds. The highest BCUT2D eigenvalue weighted by Crippen LogP contribution is 2.31. The minimum absolute atomic E-state index is 0.223. The number of hydrogen-bond donors (Lipinski definition) is 0. The van der Waals surface area contributed by atoms with Gasteiger partial charge in [-0.2, -0.15) is 0 Å². The molecule has 1 fully saturated rings. The number of nitrogens with zero attached hydrogens (tertiary/aromatic N) is 1. The zero-order valence-electron chi connectivity index (χ0n) is 14.1. The third-order valence-electron chi connectivity index (χ3n) is 4.80. The van der Waals surface area contributed by atoms with Crippen LogP contribution in [-0.4, -0.2) is 39.4 Å². The molecule has 130 valence electrons. The number of esters is 1. The number of rotatable bonds is 3. The Hall–Kier alpha value is -1.33. The summed E-state index contributed by atoms with van der Waals surface area (Å²) in [6, 6.07) is 6.30. The van der Waals surface area contributed by atoms with Crippen LogP contribution >= 0.6 is 15.9 Å². The fraction of sp³-hybridized carbons (Fsp3) is 0.526. The molecule has 1 aromatic rings. The second-order valence-corrected chi connectivity index (χ2v) is 7.39. The van der Waals surface area contributed by atoms with Crippen LogP contribution in [0.4, 0.5) is 5.69 Å². The predicted octanol–water partition coefficient (Wildman–Crippen LogP) is 4.03. The molecule has 2 heterocycles. The Morgan fingerprint density at radius 2 is 2.17 bits per heavy atom. The van der Waals surface area contributed by atoms with Gasteiger partial charge >= 0.3 is 5.97 Å². The number of fused-ring (bicyclic) bond motifs is 1. The molecular weight excluding hydrogens is 370 g/mol. The highest BCUT2D eigenvalue weighted by atomic mass is 79.9. The molecule has 1 aromatic carbocycles. The van der Waals surface area contributed by atoms with E-state index in [0.29, 0.717) is 5.92 Å². The number of carbonyl (C=O) groups excluding carboxylic acids is 1. The van der Waals surface area contributed by atoms with Gasteiger partial charge in [-0.05, 0) is 61.4 Å². The van der Waals surface area contributed by atoms with Crippen LogP contribution in [-0.2, 0) is 14.3 Å². The Morgan fingerprint density at radius 3 is 2.92 bits per heavy atom. The summed E-state index contributed by atoms with van der Waals surface area (Å²) in [5.74, 6) is 0.456. The van der Waals surface area contributed by atoms with Gasteiger partial charge in [0.15, 0.2) is 0 Å². The van der Waals surface area contributed by atoms with Crippen molar-refractivity contribution in [1.29, 1.82) is 0 Å². The van der Waals surface area contributed by atoms with Crippen molar-refractivity contribution in [3.8, 4) is 0 Å². The SMILES string of the molecule is COC(=O)/C1=C/c2cc(Br)ccc2N(CC2CCOCC2)CCC1. The van der Waals surface area contributed by atoms with Gasteiger partial charge in [0.25, 0.3) is 0 Å². The first-order valence-electron chi connectivity index (χ1n) is 8.58. The maximum absolute atomic E-state index is 12.0. The molecule has 0 atom stereocenters. The lowest BCUT2D eigenvalue weighted by Gasteiger charge is -2.33. The Morgan fingerprint density at radius 1 is 1.38 bits per heavy atom. The van der Waals surface area contributed by atoms with E-state index >= 15 is 0 Å². The van der Waals surface area contributed by atoms with E-state index in [1.54, 1.807) is 0 Å². The van der Waals surface area contributed by atoms with E-state index in [1.807, 2.05) is 6.08 Å². The van der Waals surface area contributed by atoms with Crippen LogP contribution in [0.2, 0.25) is 0 Å². The van der Waals surface area contributed by atoms with Crippen molar-refractivity contribution >= 4 is 33.7 Å². The summed E-state index contributed by atoms with van der Waals surface area (Å²) >= 11 is 3.55. The zero-order chi connectivity index (χ0) is 16.9. The number of methoxy groups -OCH3 is 1. The Kier molecular flexibility index (Phi) is 5.95. The highest BCUT2D eigenvalue weighted by molar-refractivity contribution is 9.10. The smallest absolute Gasteiger partial charge is 0.333 e. The summed E-state index contributed by atoms with van der Waals surface area (Å²) in [5, 5.41) is 0. The second kappa shape index (κ2) is 8.17. The fourth-order valence-electron chi connectivity index (χ4n) is 3.49. The van der Waals surface area contributed by atoms with Gasteiger partial charge in [-0.15, -0.1) is 0 Å². The average Bonchev–Trinajstić information content (AvgIpc) is 2.58. The lowest BCUT2D eigenvalue weighted by Crippen LogP contribution is -2.34. The Bertz CT molecular complexity index is 623. The van der Waals surface area contributed by atoms with Crippen molar-refractivity contribution in [3.05, 3.63) is 33.8 Å². The van der Waals surface area contributed by atoms with Crippen LogP contribution in [0.1, 0.15) is 31.2 Å². The molecule has 0 aromatic heterocycles. The molecule has 2 aliphatic heterocycles. The molecule has 0 bridgehead atoms. The van der Waals surface area contributed by atoms with Crippen molar-refractivity contribution in [1.82, 2.24) is 0 Å². The third kappa shape index (κ3) is 4.19.